The third kappa shape index (κ3) is 2.20. The number of phenolic OH excluding ortho intramolecular Hbond substituents is 1. The lowest BCUT2D eigenvalue weighted by Crippen LogP contribution is -2.22. The molecular formula is C10H13NO2S. The summed E-state index contributed by atoms with van der Waals surface area (Å²) in [5, 5.41) is 9.28. The molecule has 14 heavy (non-hydrogen) atoms. The van der Waals surface area contributed by atoms with Gasteiger partial charge in [-0.05, 0) is 24.5 Å². The van der Waals surface area contributed by atoms with Gasteiger partial charge in [-0.3, -0.25) is 4.79 Å². The van der Waals surface area contributed by atoms with Gasteiger partial charge in [-0.25, -0.2) is 0 Å². The molecule has 0 fully saturated rings. The molecule has 76 valence electrons. The molecule has 0 saturated carbocycles. The molecule has 0 unspecified atom stereocenters. The zero-order chi connectivity index (χ0) is 10.7. The van der Waals surface area contributed by atoms with Crippen molar-refractivity contribution in [3.63, 3.8) is 0 Å². The van der Waals surface area contributed by atoms with E-state index >= 15 is 0 Å². The quantitative estimate of drug-likeness (QED) is 0.758. The number of carbonyl (C=O) groups is 1. The first kappa shape index (κ1) is 10.9. The Morgan fingerprint density at radius 1 is 1.43 bits per heavy atom. The third-order valence-electron chi connectivity index (χ3n) is 1.82. The molecule has 1 N–H and O–H groups in total. The van der Waals surface area contributed by atoms with Gasteiger partial charge >= 0.3 is 0 Å². The fraction of sp³-hybridized carbons (Fsp3) is 0.300. The Morgan fingerprint density at radius 2 is 2.07 bits per heavy atom. The lowest BCUT2D eigenvalue weighted by atomic mass is 10.2. The van der Waals surface area contributed by atoms with Crippen LogP contribution in [0, 0.1) is 0 Å². The summed E-state index contributed by atoms with van der Waals surface area (Å²) < 4.78 is 0. The third-order valence-corrected chi connectivity index (χ3v) is 2.62. The summed E-state index contributed by atoms with van der Waals surface area (Å²) in [5.41, 5.74) is 0.544. The van der Waals surface area contributed by atoms with Crippen molar-refractivity contribution in [3.8, 4) is 5.75 Å². The molecule has 4 heteroatoms. The van der Waals surface area contributed by atoms with Gasteiger partial charge in [-0.15, -0.1) is 11.8 Å². The first-order valence-electron chi connectivity index (χ1n) is 4.15. The summed E-state index contributed by atoms with van der Waals surface area (Å²) in [6, 6.07) is 4.82. The fourth-order valence-electron chi connectivity index (χ4n) is 1.10. The molecule has 1 aromatic rings. The second kappa shape index (κ2) is 4.37. The van der Waals surface area contributed by atoms with E-state index in [-0.39, 0.29) is 11.7 Å². The number of rotatable bonds is 2. The number of nitrogens with zero attached hydrogens (tertiary/aromatic N) is 1. The van der Waals surface area contributed by atoms with Crippen molar-refractivity contribution in [2.24, 2.45) is 0 Å². The van der Waals surface area contributed by atoms with E-state index in [1.807, 2.05) is 6.26 Å². The summed E-state index contributed by atoms with van der Waals surface area (Å²) in [6.45, 7) is 0. The highest BCUT2D eigenvalue weighted by atomic mass is 32.2. The summed E-state index contributed by atoms with van der Waals surface area (Å²) in [7, 11) is 3.38. The Hall–Kier alpha value is -1.16. The van der Waals surface area contributed by atoms with Crippen molar-refractivity contribution in [1.82, 2.24) is 4.90 Å². The summed E-state index contributed by atoms with van der Waals surface area (Å²) in [5.74, 6) is 0.0262. The maximum atomic E-state index is 11.7. The number of amides is 1. The van der Waals surface area contributed by atoms with E-state index in [2.05, 4.69) is 0 Å². The molecule has 0 aliphatic carbocycles. The van der Waals surface area contributed by atoms with Crippen molar-refractivity contribution in [2.45, 2.75) is 4.90 Å². The number of thioether (sulfide) groups is 1. The van der Waals surface area contributed by atoms with Crippen molar-refractivity contribution in [3.05, 3.63) is 23.8 Å². The average molecular weight is 211 g/mol. The zero-order valence-electron chi connectivity index (χ0n) is 8.44. The predicted molar refractivity (Wildman–Crippen MR) is 57.9 cm³/mol. The molecule has 0 aliphatic heterocycles. The van der Waals surface area contributed by atoms with Crippen LogP contribution in [0.25, 0.3) is 0 Å². The van der Waals surface area contributed by atoms with Crippen LogP contribution in [0.1, 0.15) is 10.4 Å². The van der Waals surface area contributed by atoms with Crippen LogP contribution < -0.4 is 0 Å². The Bertz CT molecular complexity index is 350. The number of phenols is 1. The number of aromatic hydroxyl groups is 1. The molecule has 0 bridgehead atoms. The summed E-state index contributed by atoms with van der Waals surface area (Å²) in [4.78, 5) is 14.0. The molecule has 0 radical (unpaired) electrons. The lowest BCUT2D eigenvalue weighted by Gasteiger charge is -2.13. The number of hydrogen-bond donors (Lipinski definition) is 1. The van der Waals surface area contributed by atoms with Crippen LogP contribution in [0.3, 0.4) is 0 Å². The molecular weight excluding hydrogens is 198 g/mol. The lowest BCUT2D eigenvalue weighted by molar-refractivity contribution is 0.0824. The second-order valence-electron chi connectivity index (χ2n) is 3.08. The van der Waals surface area contributed by atoms with Gasteiger partial charge in [-0.2, -0.15) is 0 Å². The van der Waals surface area contributed by atoms with Gasteiger partial charge in [0.2, 0.25) is 0 Å². The predicted octanol–water partition coefficient (Wildman–Crippen LogP) is 1.82. The maximum absolute atomic E-state index is 11.7. The highest BCUT2D eigenvalue weighted by molar-refractivity contribution is 7.98. The molecule has 3 nitrogen and oxygen atoms in total. The van der Waals surface area contributed by atoms with E-state index in [1.54, 1.807) is 26.2 Å². The Balaban J connectivity index is 3.17. The van der Waals surface area contributed by atoms with E-state index in [0.29, 0.717) is 5.56 Å². The van der Waals surface area contributed by atoms with Crippen LogP contribution in [-0.4, -0.2) is 36.3 Å². The Kier molecular flexibility index (Phi) is 3.41. The van der Waals surface area contributed by atoms with Gasteiger partial charge in [0.1, 0.15) is 5.75 Å². The van der Waals surface area contributed by atoms with Gasteiger partial charge in [-0.1, -0.05) is 0 Å². The second-order valence-corrected chi connectivity index (χ2v) is 3.93. The fourth-order valence-corrected chi connectivity index (χ4v) is 1.67. The van der Waals surface area contributed by atoms with E-state index in [1.165, 1.54) is 22.7 Å². The normalized spacial score (nSPS) is 9.93. The standard InChI is InChI=1S/C10H13NO2S/c1-11(2)10(13)8-6-7(12)4-5-9(8)14-3/h4-6,12H,1-3H3. The number of benzene rings is 1. The molecule has 1 rings (SSSR count). The molecule has 0 aliphatic rings. The molecule has 0 heterocycles. The van der Waals surface area contributed by atoms with Crippen molar-refractivity contribution in [2.75, 3.05) is 20.4 Å². The van der Waals surface area contributed by atoms with Gasteiger partial charge in [0.15, 0.2) is 0 Å². The van der Waals surface area contributed by atoms with Crippen molar-refractivity contribution < 1.29 is 9.90 Å². The molecule has 0 atom stereocenters. The van der Waals surface area contributed by atoms with E-state index in [0.717, 1.165) is 4.90 Å². The van der Waals surface area contributed by atoms with Crippen LogP contribution in [0.5, 0.6) is 5.75 Å². The van der Waals surface area contributed by atoms with Crippen LogP contribution in [0.2, 0.25) is 0 Å². The van der Waals surface area contributed by atoms with Gasteiger partial charge in [0.05, 0.1) is 5.56 Å². The Morgan fingerprint density at radius 3 is 2.57 bits per heavy atom. The smallest absolute Gasteiger partial charge is 0.254 e. The highest BCUT2D eigenvalue weighted by Gasteiger charge is 2.13. The zero-order valence-corrected chi connectivity index (χ0v) is 9.26. The maximum Gasteiger partial charge on any atom is 0.254 e. The van der Waals surface area contributed by atoms with Crippen LogP contribution in [0.15, 0.2) is 23.1 Å². The van der Waals surface area contributed by atoms with Crippen LogP contribution in [-0.2, 0) is 0 Å². The summed E-state index contributed by atoms with van der Waals surface area (Å²) in [6.07, 6.45) is 1.90. The van der Waals surface area contributed by atoms with Crippen LogP contribution in [0.4, 0.5) is 0 Å². The van der Waals surface area contributed by atoms with Crippen molar-refractivity contribution in [1.29, 1.82) is 0 Å². The Labute approximate surface area is 87.7 Å². The topological polar surface area (TPSA) is 40.5 Å². The molecule has 1 amide bonds. The largest absolute Gasteiger partial charge is 0.508 e. The van der Waals surface area contributed by atoms with E-state index in [9.17, 15) is 9.90 Å². The van der Waals surface area contributed by atoms with Crippen molar-refractivity contribution >= 4 is 17.7 Å². The van der Waals surface area contributed by atoms with E-state index in [4.69, 9.17) is 0 Å². The molecule has 1 aromatic carbocycles. The van der Waals surface area contributed by atoms with E-state index < -0.39 is 0 Å². The average Bonchev–Trinajstić information content (AvgIpc) is 2.16. The SMILES string of the molecule is CSc1ccc(O)cc1C(=O)N(C)C. The monoisotopic (exact) mass is 211 g/mol. The molecule has 0 aromatic heterocycles. The first-order valence-corrected chi connectivity index (χ1v) is 5.37. The van der Waals surface area contributed by atoms with Gasteiger partial charge < -0.3 is 10.0 Å². The number of carbonyl (C=O) groups excluding carboxylic acids is 1. The molecule has 0 spiro atoms. The minimum atomic E-state index is -0.0924. The summed E-state index contributed by atoms with van der Waals surface area (Å²) >= 11 is 1.49. The highest BCUT2D eigenvalue weighted by Crippen LogP contribution is 2.25. The number of hydrogen-bond acceptors (Lipinski definition) is 3. The van der Waals surface area contributed by atoms with Gasteiger partial charge in [0, 0.05) is 19.0 Å². The molecule has 0 saturated heterocycles. The minimum absolute atomic E-state index is 0.0924. The van der Waals surface area contributed by atoms with Gasteiger partial charge in [0.25, 0.3) is 5.91 Å². The minimum Gasteiger partial charge on any atom is -0.508 e. The van der Waals surface area contributed by atoms with Crippen LogP contribution >= 0.6 is 11.8 Å². The first-order chi connectivity index (χ1) is 6.56.